The fraction of sp³-hybridized carbons (Fsp3) is 0.450. The van der Waals surface area contributed by atoms with Crippen molar-refractivity contribution in [1.29, 1.82) is 0 Å². The lowest BCUT2D eigenvalue weighted by atomic mass is 9.90. The van der Waals surface area contributed by atoms with Crippen LogP contribution in [-0.4, -0.2) is 23.0 Å². The van der Waals surface area contributed by atoms with Crippen LogP contribution in [0, 0.1) is 0 Å². The van der Waals surface area contributed by atoms with Gasteiger partial charge >= 0.3 is 0 Å². The van der Waals surface area contributed by atoms with E-state index in [-0.39, 0.29) is 0 Å². The molecule has 0 saturated carbocycles. The van der Waals surface area contributed by atoms with Crippen molar-refractivity contribution in [1.82, 2.24) is 9.88 Å². The molecule has 0 radical (unpaired) electrons. The number of fused-ring (bicyclic) bond motifs is 1. The van der Waals surface area contributed by atoms with Gasteiger partial charge in [-0.2, -0.15) is 0 Å². The molecule has 1 heterocycles. The number of hydrogen-bond donors (Lipinski definition) is 1. The molecule has 0 fully saturated rings. The molecule has 1 aromatic heterocycles. The molecular weight excluding hydrogens is 282 g/mol. The number of pyridine rings is 1. The van der Waals surface area contributed by atoms with Crippen molar-refractivity contribution in [2.24, 2.45) is 5.73 Å². The SMILES string of the molecule is NCCCCN(Cc1ccccc1)C1CCCc2cccnc21. The van der Waals surface area contributed by atoms with Crippen LogP contribution < -0.4 is 5.73 Å². The maximum absolute atomic E-state index is 5.69. The zero-order valence-electron chi connectivity index (χ0n) is 13.8. The summed E-state index contributed by atoms with van der Waals surface area (Å²) in [4.78, 5) is 7.33. The zero-order valence-corrected chi connectivity index (χ0v) is 13.8. The molecule has 1 aromatic carbocycles. The summed E-state index contributed by atoms with van der Waals surface area (Å²) in [6, 6.07) is 15.5. The normalized spacial score (nSPS) is 17.2. The monoisotopic (exact) mass is 309 g/mol. The van der Waals surface area contributed by atoms with E-state index in [0.717, 1.165) is 32.5 Å². The topological polar surface area (TPSA) is 42.1 Å². The fourth-order valence-electron chi connectivity index (χ4n) is 3.56. The molecule has 3 heteroatoms. The van der Waals surface area contributed by atoms with Crippen LogP contribution in [0.4, 0.5) is 0 Å². The number of aryl methyl sites for hydroxylation is 1. The van der Waals surface area contributed by atoms with Gasteiger partial charge in [0.25, 0.3) is 0 Å². The van der Waals surface area contributed by atoms with E-state index in [4.69, 9.17) is 10.7 Å². The number of aromatic nitrogens is 1. The van der Waals surface area contributed by atoms with Gasteiger partial charge in [0, 0.05) is 12.7 Å². The van der Waals surface area contributed by atoms with Gasteiger partial charge in [-0.1, -0.05) is 36.4 Å². The number of nitrogens with two attached hydrogens (primary N) is 1. The summed E-state index contributed by atoms with van der Waals surface area (Å²) in [6.07, 6.45) is 7.82. The molecular formula is C20H27N3. The lowest BCUT2D eigenvalue weighted by Crippen LogP contribution is -2.32. The van der Waals surface area contributed by atoms with E-state index in [0.29, 0.717) is 6.04 Å². The van der Waals surface area contributed by atoms with Gasteiger partial charge in [-0.15, -0.1) is 0 Å². The summed E-state index contributed by atoms with van der Waals surface area (Å²) >= 11 is 0. The van der Waals surface area contributed by atoms with E-state index < -0.39 is 0 Å². The summed E-state index contributed by atoms with van der Waals surface area (Å²) < 4.78 is 0. The Hall–Kier alpha value is -1.71. The number of rotatable bonds is 7. The second-order valence-electron chi connectivity index (χ2n) is 6.41. The minimum atomic E-state index is 0.443. The Labute approximate surface area is 139 Å². The van der Waals surface area contributed by atoms with Crippen LogP contribution in [0.25, 0.3) is 0 Å². The number of hydrogen-bond acceptors (Lipinski definition) is 3. The molecule has 3 rings (SSSR count). The first-order valence-corrected chi connectivity index (χ1v) is 8.80. The van der Waals surface area contributed by atoms with Crippen LogP contribution in [0.3, 0.4) is 0 Å². The van der Waals surface area contributed by atoms with Gasteiger partial charge in [-0.05, 0) is 62.4 Å². The molecule has 1 aliphatic carbocycles. The molecule has 1 atom stereocenters. The largest absolute Gasteiger partial charge is 0.330 e. The molecule has 0 bridgehead atoms. The van der Waals surface area contributed by atoms with E-state index in [1.807, 2.05) is 6.20 Å². The lowest BCUT2D eigenvalue weighted by Gasteiger charge is -2.35. The number of benzene rings is 1. The summed E-state index contributed by atoms with van der Waals surface area (Å²) in [5.74, 6) is 0. The predicted molar refractivity (Wildman–Crippen MR) is 95.1 cm³/mol. The molecule has 2 aromatic rings. The van der Waals surface area contributed by atoms with Gasteiger partial charge in [0.2, 0.25) is 0 Å². The molecule has 0 aliphatic heterocycles. The second-order valence-corrected chi connectivity index (χ2v) is 6.41. The average Bonchev–Trinajstić information content (AvgIpc) is 2.61. The Balaban J connectivity index is 1.80. The van der Waals surface area contributed by atoms with E-state index in [9.17, 15) is 0 Å². The van der Waals surface area contributed by atoms with E-state index in [1.54, 1.807) is 0 Å². The van der Waals surface area contributed by atoms with Gasteiger partial charge in [0.05, 0.1) is 11.7 Å². The fourth-order valence-corrected chi connectivity index (χ4v) is 3.56. The van der Waals surface area contributed by atoms with Crippen LogP contribution in [-0.2, 0) is 13.0 Å². The smallest absolute Gasteiger partial charge is 0.0607 e. The Kier molecular flexibility index (Phi) is 5.78. The summed E-state index contributed by atoms with van der Waals surface area (Å²) in [5, 5.41) is 0. The van der Waals surface area contributed by atoms with Crippen molar-refractivity contribution < 1.29 is 0 Å². The van der Waals surface area contributed by atoms with E-state index >= 15 is 0 Å². The maximum Gasteiger partial charge on any atom is 0.0607 e. The molecule has 2 N–H and O–H groups in total. The summed E-state index contributed by atoms with van der Waals surface area (Å²) in [5.41, 5.74) is 9.79. The lowest BCUT2D eigenvalue weighted by molar-refractivity contribution is 0.163. The van der Waals surface area contributed by atoms with Crippen LogP contribution >= 0.6 is 0 Å². The summed E-state index contributed by atoms with van der Waals surface area (Å²) in [7, 11) is 0. The first-order chi connectivity index (χ1) is 11.4. The first-order valence-electron chi connectivity index (χ1n) is 8.80. The highest BCUT2D eigenvalue weighted by atomic mass is 15.2. The molecule has 0 saturated heterocycles. The van der Waals surface area contributed by atoms with E-state index in [1.165, 1.54) is 36.1 Å². The highest BCUT2D eigenvalue weighted by molar-refractivity contribution is 5.26. The minimum Gasteiger partial charge on any atom is -0.330 e. The number of nitrogens with zero attached hydrogens (tertiary/aromatic N) is 2. The quantitative estimate of drug-likeness (QED) is 0.793. The first kappa shape index (κ1) is 16.2. The van der Waals surface area contributed by atoms with Crippen molar-refractivity contribution in [3.63, 3.8) is 0 Å². The maximum atomic E-state index is 5.69. The second kappa shape index (κ2) is 8.23. The standard InChI is InChI=1S/C20H27N3/c21-13-4-5-15-23(16-17-8-2-1-3-9-17)19-12-6-10-18-11-7-14-22-20(18)19/h1-3,7-9,11,14,19H,4-6,10,12-13,15-16,21H2. The van der Waals surface area contributed by atoms with Crippen molar-refractivity contribution in [3.05, 3.63) is 65.5 Å². The molecule has 1 unspecified atom stereocenters. The molecule has 3 nitrogen and oxygen atoms in total. The molecule has 0 amide bonds. The van der Waals surface area contributed by atoms with Gasteiger partial charge in [0.15, 0.2) is 0 Å². The van der Waals surface area contributed by atoms with Gasteiger partial charge in [0.1, 0.15) is 0 Å². The van der Waals surface area contributed by atoms with Gasteiger partial charge in [-0.3, -0.25) is 9.88 Å². The molecule has 1 aliphatic rings. The Morgan fingerprint density at radius 3 is 2.78 bits per heavy atom. The minimum absolute atomic E-state index is 0.443. The average molecular weight is 309 g/mol. The third-order valence-corrected chi connectivity index (χ3v) is 4.73. The Bertz CT molecular complexity index is 597. The third-order valence-electron chi connectivity index (χ3n) is 4.73. The van der Waals surface area contributed by atoms with Crippen molar-refractivity contribution in [2.75, 3.05) is 13.1 Å². The summed E-state index contributed by atoms with van der Waals surface area (Å²) in [6.45, 7) is 2.86. The zero-order chi connectivity index (χ0) is 15.9. The molecule has 0 spiro atoms. The van der Waals surface area contributed by atoms with Crippen molar-refractivity contribution >= 4 is 0 Å². The predicted octanol–water partition coefficient (Wildman–Crippen LogP) is 3.70. The molecule has 23 heavy (non-hydrogen) atoms. The van der Waals surface area contributed by atoms with Crippen LogP contribution in [0.5, 0.6) is 0 Å². The number of unbranched alkanes of at least 4 members (excludes halogenated alkanes) is 1. The van der Waals surface area contributed by atoms with Crippen molar-refractivity contribution in [3.8, 4) is 0 Å². The Morgan fingerprint density at radius 1 is 1.09 bits per heavy atom. The van der Waals surface area contributed by atoms with Gasteiger partial charge < -0.3 is 5.73 Å². The van der Waals surface area contributed by atoms with E-state index in [2.05, 4.69) is 47.4 Å². The third kappa shape index (κ3) is 4.18. The highest BCUT2D eigenvalue weighted by Crippen LogP contribution is 2.33. The van der Waals surface area contributed by atoms with Crippen molar-refractivity contribution in [2.45, 2.75) is 44.7 Å². The van der Waals surface area contributed by atoms with Gasteiger partial charge in [-0.25, -0.2) is 0 Å². The Morgan fingerprint density at radius 2 is 1.96 bits per heavy atom. The highest BCUT2D eigenvalue weighted by Gasteiger charge is 2.26. The van der Waals surface area contributed by atoms with Crippen LogP contribution in [0.15, 0.2) is 48.7 Å². The van der Waals surface area contributed by atoms with Crippen LogP contribution in [0.1, 0.15) is 48.5 Å². The molecule has 122 valence electrons. The van der Waals surface area contributed by atoms with Crippen LogP contribution in [0.2, 0.25) is 0 Å².